The minimum atomic E-state index is -0.176. The SMILES string of the molecule is N#Cc1cnc(=O)c2c3c(n[nH]c13)CC[C@H]2C1CN2CCC1CC2. The van der Waals surface area contributed by atoms with E-state index >= 15 is 0 Å². The summed E-state index contributed by atoms with van der Waals surface area (Å²) in [6, 6.07) is 2.15. The molecule has 6 heteroatoms. The molecule has 24 heavy (non-hydrogen) atoms. The molecule has 2 atom stereocenters. The molecule has 1 unspecified atom stereocenters. The molecule has 4 aliphatic rings. The fraction of sp³-hybridized carbons (Fsp3) is 0.556. The smallest absolute Gasteiger partial charge is 0.273 e. The number of hydrogen-bond donors (Lipinski definition) is 1. The Morgan fingerprint density at radius 1 is 1.29 bits per heavy atom. The van der Waals surface area contributed by atoms with Crippen LogP contribution >= 0.6 is 0 Å². The summed E-state index contributed by atoms with van der Waals surface area (Å²) in [5, 5.41) is 17.6. The Labute approximate surface area is 139 Å². The van der Waals surface area contributed by atoms with Gasteiger partial charge in [-0.3, -0.25) is 9.89 Å². The number of aryl methyl sites for hydroxylation is 1. The molecule has 2 aromatic heterocycles. The zero-order valence-electron chi connectivity index (χ0n) is 13.5. The quantitative estimate of drug-likeness (QED) is 0.861. The second-order valence-electron chi connectivity index (χ2n) is 7.37. The van der Waals surface area contributed by atoms with Crippen molar-refractivity contribution in [2.24, 2.45) is 11.8 Å². The van der Waals surface area contributed by atoms with Crippen molar-refractivity contribution < 1.29 is 0 Å². The summed E-state index contributed by atoms with van der Waals surface area (Å²) in [6.07, 6.45) is 5.72. The fourth-order valence-electron chi connectivity index (χ4n) is 5.17. The van der Waals surface area contributed by atoms with Crippen molar-refractivity contribution in [2.75, 3.05) is 19.6 Å². The Morgan fingerprint density at radius 3 is 2.83 bits per heavy atom. The largest absolute Gasteiger partial charge is 0.303 e. The maximum atomic E-state index is 12.8. The number of piperidine rings is 3. The third kappa shape index (κ3) is 1.88. The molecule has 1 N–H and O–H groups in total. The number of aromatic amines is 1. The summed E-state index contributed by atoms with van der Waals surface area (Å²) in [5.74, 6) is 1.48. The number of nitrogens with one attached hydrogen (secondary N) is 1. The van der Waals surface area contributed by atoms with Crippen LogP contribution in [0.1, 0.15) is 42.0 Å². The summed E-state index contributed by atoms with van der Waals surface area (Å²) >= 11 is 0. The molecule has 6 nitrogen and oxygen atoms in total. The lowest BCUT2D eigenvalue weighted by Crippen LogP contribution is -2.50. The molecule has 122 valence electrons. The number of H-pyrrole nitrogens is 1. The van der Waals surface area contributed by atoms with Crippen LogP contribution in [0.5, 0.6) is 0 Å². The highest BCUT2D eigenvalue weighted by molar-refractivity contribution is 5.89. The maximum Gasteiger partial charge on any atom is 0.273 e. The molecular weight excluding hydrogens is 302 g/mol. The van der Waals surface area contributed by atoms with E-state index in [4.69, 9.17) is 0 Å². The molecule has 3 fully saturated rings. The van der Waals surface area contributed by atoms with Crippen molar-refractivity contribution in [3.05, 3.63) is 33.4 Å². The molecule has 3 aliphatic heterocycles. The van der Waals surface area contributed by atoms with Gasteiger partial charge in [-0.1, -0.05) is 0 Å². The van der Waals surface area contributed by atoms with Crippen molar-refractivity contribution in [1.29, 1.82) is 5.26 Å². The van der Waals surface area contributed by atoms with Crippen molar-refractivity contribution >= 4 is 10.9 Å². The lowest BCUT2D eigenvalue weighted by molar-refractivity contribution is 0.0345. The Morgan fingerprint density at radius 2 is 2.12 bits per heavy atom. The number of nitriles is 1. The van der Waals surface area contributed by atoms with Crippen molar-refractivity contribution in [2.45, 2.75) is 31.6 Å². The normalized spacial score (nSPS) is 31.1. The zero-order valence-corrected chi connectivity index (χ0v) is 13.5. The van der Waals surface area contributed by atoms with Gasteiger partial charge in [0.2, 0.25) is 0 Å². The first-order valence-electron chi connectivity index (χ1n) is 8.79. The van der Waals surface area contributed by atoms with Gasteiger partial charge in [-0.15, -0.1) is 0 Å². The predicted molar refractivity (Wildman–Crippen MR) is 88.6 cm³/mol. The zero-order chi connectivity index (χ0) is 16.3. The van der Waals surface area contributed by atoms with Crippen LogP contribution in [0.25, 0.3) is 10.9 Å². The minimum absolute atomic E-state index is 0.176. The highest BCUT2D eigenvalue weighted by Gasteiger charge is 2.42. The van der Waals surface area contributed by atoms with E-state index in [1.807, 2.05) is 0 Å². The highest BCUT2D eigenvalue weighted by Crippen LogP contribution is 2.45. The van der Waals surface area contributed by atoms with E-state index in [1.165, 1.54) is 32.1 Å². The van der Waals surface area contributed by atoms with Gasteiger partial charge in [-0.2, -0.15) is 10.4 Å². The molecule has 5 heterocycles. The van der Waals surface area contributed by atoms with Crippen molar-refractivity contribution in [3.63, 3.8) is 0 Å². The van der Waals surface area contributed by atoms with Crippen LogP contribution in [0.2, 0.25) is 0 Å². The van der Waals surface area contributed by atoms with Gasteiger partial charge in [0, 0.05) is 17.5 Å². The van der Waals surface area contributed by atoms with Crippen LogP contribution in [0.3, 0.4) is 0 Å². The number of rotatable bonds is 1. The molecule has 0 amide bonds. The average molecular weight is 321 g/mol. The van der Waals surface area contributed by atoms with Gasteiger partial charge in [0.1, 0.15) is 6.07 Å². The summed E-state index contributed by atoms with van der Waals surface area (Å²) in [6.45, 7) is 3.49. The first-order chi connectivity index (χ1) is 11.8. The molecule has 3 saturated heterocycles. The summed E-state index contributed by atoms with van der Waals surface area (Å²) < 4.78 is 0. The summed E-state index contributed by atoms with van der Waals surface area (Å²) in [4.78, 5) is 19.4. The van der Waals surface area contributed by atoms with Gasteiger partial charge in [0.15, 0.2) is 0 Å². The third-order valence-electron chi connectivity index (χ3n) is 6.33. The van der Waals surface area contributed by atoms with E-state index in [-0.39, 0.29) is 11.5 Å². The van der Waals surface area contributed by atoms with E-state index < -0.39 is 0 Å². The molecule has 6 rings (SSSR count). The topological polar surface area (TPSA) is 85.7 Å². The molecule has 0 radical (unpaired) electrons. The first-order valence-corrected chi connectivity index (χ1v) is 8.79. The van der Waals surface area contributed by atoms with E-state index in [9.17, 15) is 10.1 Å². The molecule has 1 aliphatic carbocycles. The van der Waals surface area contributed by atoms with Gasteiger partial charge in [-0.05, 0) is 56.5 Å². The lowest BCUT2D eigenvalue weighted by atomic mass is 9.67. The van der Waals surface area contributed by atoms with Crippen molar-refractivity contribution in [3.8, 4) is 6.07 Å². The Bertz CT molecular complexity index is 919. The monoisotopic (exact) mass is 321 g/mol. The van der Waals surface area contributed by atoms with Gasteiger partial charge in [0.25, 0.3) is 5.56 Å². The standard InChI is InChI=1S/C18H19N5O/c19-7-11-8-20-18(24)15-12(1-2-14-16(15)17(11)22-21-14)13-9-23-5-3-10(13)4-6-23/h8,10,12-13,22H,1-6,9H2/t12-,13?/m0/s1. The van der Waals surface area contributed by atoms with Crippen LogP contribution in [-0.2, 0) is 6.42 Å². The second-order valence-corrected chi connectivity index (χ2v) is 7.37. The molecular formula is C18H19N5O. The van der Waals surface area contributed by atoms with Crippen LogP contribution in [0, 0.1) is 23.2 Å². The Balaban J connectivity index is 1.73. The highest BCUT2D eigenvalue weighted by atomic mass is 16.1. The fourth-order valence-corrected chi connectivity index (χ4v) is 5.17. The van der Waals surface area contributed by atoms with E-state index in [2.05, 4.69) is 26.2 Å². The lowest BCUT2D eigenvalue weighted by Gasteiger charge is -2.48. The maximum absolute atomic E-state index is 12.8. The van der Waals surface area contributed by atoms with Crippen LogP contribution in [-0.4, -0.2) is 39.7 Å². The van der Waals surface area contributed by atoms with E-state index in [0.29, 0.717) is 22.9 Å². The van der Waals surface area contributed by atoms with Gasteiger partial charge in [-0.25, -0.2) is 4.98 Å². The summed E-state index contributed by atoms with van der Waals surface area (Å²) in [5.41, 5.74) is 2.64. The number of hydrogen-bond acceptors (Lipinski definition) is 5. The van der Waals surface area contributed by atoms with Gasteiger partial charge < -0.3 is 4.90 Å². The Hall–Kier alpha value is -2.26. The number of nitrogens with zero attached hydrogens (tertiary/aromatic N) is 4. The number of aromatic nitrogens is 3. The Kier molecular flexibility index (Phi) is 3.01. The minimum Gasteiger partial charge on any atom is -0.303 e. The van der Waals surface area contributed by atoms with Crippen molar-refractivity contribution in [1.82, 2.24) is 20.1 Å². The van der Waals surface area contributed by atoms with Gasteiger partial charge >= 0.3 is 0 Å². The third-order valence-corrected chi connectivity index (χ3v) is 6.33. The number of fused-ring (bicyclic) bond motifs is 3. The first kappa shape index (κ1) is 14.1. The van der Waals surface area contributed by atoms with Crippen LogP contribution in [0.15, 0.2) is 11.0 Å². The molecule has 2 aromatic rings. The average Bonchev–Trinajstić information content (AvgIpc) is 3.00. The van der Waals surface area contributed by atoms with Crippen LogP contribution < -0.4 is 5.56 Å². The van der Waals surface area contributed by atoms with Gasteiger partial charge in [0.05, 0.1) is 23.0 Å². The molecule has 0 aromatic carbocycles. The second kappa shape index (κ2) is 5.12. The molecule has 2 bridgehead atoms. The molecule has 0 saturated carbocycles. The molecule has 0 spiro atoms. The van der Waals surface area contributed by atoms with E-state index in [0.717, 1.165) is 36.0 Å². The van der Waals surface area contributed by atoms with E-state index in [1.54, 1.807) is 0 Å². The predicted octanol–water partition coefficient (Wildman–Crippen LogP) is 1.56. The summed E-state index contributed by atoms with van der Waals surface area (Å²) in [7, 11) is 0. The van der Waals surface area contributed by atoms with Crippen LogP contribution in [0.4, 0.5) is 0 Å².